The molecule has 7 nitrogen and oxygen atoms in total. The van der Waals surface area contributed by atoms with Crippen molar-refractivity contribution in [3.05, 3.63) is 53.4 Å². The Bertz CT molecular complexity index is 1020. The number of aromatic hydroxyl groups is 1. The Morgan fingerprint density at radius 3 is 2.46 bits per heavy atom. The Labute approximate surface area is 151 Å². The third-order valence-electron chi connectivity index (χ3n) is 4.08. The first-order valence-corrected chi connectivity index (χ1v) is 8.02. The molecule has 0 aromatic heterocycles. The molecule has 132 valence electrons. The summed E-state index contributed by atoms with van der Waals surface area (Å²) in [6, 6.07) is 14.0. The van der Waals surface area contributed by atoms with E-state index in [9.17, 15) is 10.0 Å². The van der Waals surface area contributed by atoms with Gasteiger partial charge in [-0.1, -0.05) is 18.2 Å². The van der Waals surface area contributed by atoms with E-state index in [1.807, 2.05) is 45.4 Å². The molecule has 0 atom stereocenters. The van der Waals surface area contributed by atoms with Gasteiger partial charge >= 0.3 is 0 Å². The van der Waals surface area contributed by atoms with Gasteiger partial charge in [0.15, 0.2) is 0 Å². The number of azo groups is 1. The maximum absolute atomic E-state index is 10.8. The fourth-order valence-corrected chi connectivity index (χ4v) is 2.77. The second kappa shape index (κ2) is 6.53. The molecule has 0 unspecified atom stereocenters. The highest BCUT2D eigenvalue weighted by Crippen LogP contribution is 2.42. The van der Waals surface area contributed by atoms with Crippen molar-refractivity contribution < 1.29 is 5.11 Å². The van der Waals surface area contributed by atoms with Gasteiger partial charge < -0.3 is 10.8 Å². The number of benzene rings is 3. The molecule has 0 saturated carbocycles. The maximum atomic E-state index is 10.8. The summed E-state index contributed by atoms with van der Waals surface area (Å²) in [4.78, 5) is 10.8. The van der Waals surface area contributed by atoms with Crippen LogP contribution in [0.25, 0.3) is 10.8 Å². The zero-order valence-corrected chi connectivity index (χ0v) is 14.8. The Hall–Kier alpha value is -3.32. The number of phenols is 1. The lowest BCUT2D eigenvalue weighted by Crippen LogP contribution is -2.34. The summed E-state index contributed by atoms with van der Waals surface area (Å²) < 4.78 is 0.560. The minimum atomic E-state index is 0.0336. The van der Waals surface area contributed by atoms with Crippen LogP contribution < -0.4 is 10.2 Å². The number of hydrogen-bond acceptors (Lipinski definition) is 6. The van der Waals surface area contributed by atoms with Crippen LogP contribution in [-0.2, 0) is 0 Å². The van der Waals surface area contributed by atoms with E-state index >= 15 is 0 Å². The molecule has 3 N–H and O–H groups in total. The normalized spacial score (nSPS) is 12.0. The number of fused-ring (bicyclic) bond motifs is 1. The number of nitroso groups, excluding NO2 is 1. The molecule has 3 aromatic rings. The SMILES string of the molecule is C[N+](C)(C)c1cccc2ccc(O)c(N=Nc3ccc(N)c(N=O)c3)c12. The van der Waals surface area contributed by atoms with Crippen molar-refractivity contribution in [1.29, 1.82) is 0 Å². The van der Waals surface area contributed by atoms with E-state index in [0.717, 1.165) is 16.5 Å². The van der Waals surface area contributed by atoms with Gasteiger partial charge in [-0.2, -0.15) is 5.11 Å². The van der Waals surface area contributed by atoms with Gasteiger partial charge in [-0.3, -0.25) is 4.48 Å². The lowest BCUT2D eigenvalue weighted by molar-refractivity contribution is 0.476. The summed E-state index contributed by atoms with van der Waals surface area (Å²) in [6.45, 7) is 0. The molecular weight excluding hydrogens is 330 g/mol. The van der Waals surface area contributed by atoms with E-state index in [1.165, 1.54) is 6.07 Å². The van der Waals surface area contributed by atoms with E-state index in [1.54, 1.807) is 18.2 Å². The standard InChI is InChI=1S/C19H19N5O2/c1-24(2,3)16-6-4-5-12-7-10-17(25)19(18(12)16)22-21-13-8-9-14(20)15(11-13)23-26/h4-11H,1-3H3,(H2-,20,21,22,23,25,26)/p+1. The van der Waals surface area contributed by atoms with Crippen molar-refractivity contribution in [1.82, 2.24) is 4.48 Å². The molecule has 0 radical (unpaired) electrons. The van der Waals surface area contributed by atoms with Gasteiger partial charge in [-0.15, -0.1) is 10.0 Å². The Morgan fingerprint density at radius 1 is 1.00 bits per heavy atom. The molecular formula is C19H20N5O2+. The smallest absolute Gasteiger partial charge is 0.143 e. The summed E-state index contributed by atoms with van der Waals surface area (Å²) in [6.07, 6.45) is 0. The van der Waals surface area contributed by atoms with Gasteiger partial charge in [0, 0.05) is 0 Å². The number of nitrogens with two attached hydrogens (primary N) is 1. The van der Waals surface area contributed by atoms with E-state index in [2.05, 4.69) is 15.4 Å². The van der Waals surface area contributed by atoms with Crippen LogP contribution in [0.15, 0.2) is 63.9 Å². The molecule has 3 aromatic carbocycles. The molecule has 26 heavy (non-hydrogen) atoms. The molecule has 0 bridgehead atoms. The molecule has 0 aliphatic rings. The highest BCUT2D eigenvalue weighted by Gasteiger charge is 2.20. The van der Waals surface area contributed by atoms with Crippen molar-refractivity contribution in [3.63, 3.8) is 0 Å². The van der Waals surface area contributed by atoms with Crippen molar-refractivity contribution in [3.8, 4) is 5.75 Å². The first kappa shape index (κ1) is 17.5. The van der Waals surface area contributed by atoms with Crippen LogP contribution in [0.1, 0.15) is 0 Å². The zero-order valence-electron chi connectivity index (χ0n) is 14.8. The fourth-order valence-electron chi connectivity index (χ4n) is 2.77. The van der Waals surface area contributed by atoms with Gasteiger partial charge in [0.25, 0.3) is 0 Å². The number of rotatable bonds is 4. The van der Waals surface area contributed by atoms with E-state index in [0.29, 0.717) is 15.9 Å². The number of nitrogen functional groups attached to an aromatic ring is 1. The second-order valence-electron chi connectivity index (χ2n) is 6.86. The van der Waals surface area contributed by atoms with Crippen LogP contribution in [0.5, 0.6) is 5.75 Å². The maximum Gasteiger partial charge on any atom is 0.143 e. The summed E-state index contributed by atoms with van der Waals surface area (Å²) in [5.74, 6) is 0.0336. The minimum absolute atomic E-state index is 0.0336. The van der Waals surface area contributed by atoms with Gasteiger partial charge in [-0.05, 0) is 40.9 Å². The van der Waals surface area contributed by atoms with Crippen molar-refractivity contribution >= 4 is 39.2 Å². The second-order valence-corrected chi connectivity index (χ2v) is 6.86. The van der Waals surface area contributed by atoms with Crippen LogP contribution in [-0.4, -0.2) is 26.2 Å². The van der Waals surface area contributed by atoms with Gasteiger partial charge in [0.05, 0.1) is 37.9 Å². The van der Waals surface area contributed by atoms with Crippen LogP contribution in [0.4, 0.5) is 28.4 Å². The van der Waals surface area contributed by atoms with E-state index < -0.39 is 0 Å². The first-order chi connectivity index (χ1) is 12.3. The highest BCUT2D eigenvalue weighted by molar-refractivity contribution is 6.03. The van der Waals surface area contributed by atoms with Crippen LogP contribution in [0, 0.1) is 4.91 Å². The van der Waals surface area contributed by atoms with Gasteiger partial charge in [0.1, 0.15) is 22.8 Å². The zero-order chi connectivity index (χ0) is 18.9. The summed E-state index contributed by atoms with van der Waals surface area (Å²) in [7, 11) is 6.13. The van der Waals surface area contributed by atoms with Crippen LogP contribution in [0.3, 0.4) is 0 Å². The third kappa shape index (κ3) is 3.25. The fraction of sp³-hybridized carbons (Fsp3) is 0.158. The number of phenolic OH excluding ortho intramolecular Hbond substituents is 1. The third-order valence-corrected chi connectivity index (χ3v) is 4.08. The van der Waals surface area contributed by atoms with Crippen LogP contribution in [0.2, 0.25) is 0 Å². The average Bonchev–Trinajstić information content (AvgIpc) is 2.60. The Morgan fingerprint density at radius 2 is 1.77 bits per heavy atom. The average molecular weight is 350 g/mol. The van der Waals surface area contributed by atoms with Crippen molar-refractivity contribution in [2.75, 3.05) is 26.9 Å². The van der Waals surface area contributed by atoms with Gasteiger partial charge in [-0.25, -0.2) is 0 Å². The molecule has 0 amide bonds. The van der Waals surface area contributed by atoms with E-state index in [-0.39, 0.29) is 17.1 Å². The Kier molecular flexibility index (Phi) is 4.40. The van der Waals surface area contributed by atoms with Crippen molar-refractivity contribution in [2.24, 2.45) is 15.4 Å². The molecule has 3 rings (SSSR count). The minimum Gasteiger partial charge on any atom is -0.506 e. The highest BCUT2D eigenvalue weighted by atomic mass is 16.3. The van der Waals surface area contributed by atoms with Crippen LogP contribution >= 0.6 is 0 Å². The predicted molar refractivity (Wildman–Crippen MR) is 106 cm³/mol. The summed E-state index contributed by atoms with van der Waals surface area (Å²) in [5.41, 5.74) is 7.85. The molecule has 0 fully saturated rings. The molecule has 0 aliphatic heterocycles. The van der Waals surface area contributed by atoms with Gasteiger partial charge in [0.2, 0.25) is 0 Å². The molecule has 7 heteroatoms. The number of nitrogens with zero attached hydrogens (tertiary/aromatic N) is 4. The van der Waals surface area contributed by atoms with Crippen molar-refractivity contribution in [2.45, 2.75) is 0 Å². The molecule has 0 heterocycles. The lowest BCUT2D eigenvalue weighted by Gasteiger charge is -2.25. The summed E-state index contributed by atoms with van der Waals surface area (Å²) in [5, 5.41) is 23.5. The lowest BCUT2D eigenvalue weighted by atomic mass is 10.0. The topological polar surface area (TPSA) is 100 Å². The molecule has 0 aliphatic carbocycles. The first-order valence-electron chi connectivity index (χ1n) is 8.02. The van der Waals surface area contributed by atoms with E-state index in [4.69, 9.17) is 5.73 Å². The summed E-state index contributed by atoms with van der Waals surface area (Å²) >= 11 is 0. The Balaban J connectivity index is 2.19. The number of quaternary nitrogens is 1. The quantitative estimate of drug-likeness (QED) is 0.295. The predicted octanol–water partition coefficient (Wildman–Crippen LogP) is 5.14. The molecule has 0 spiro atoms. The number of anilines is 1. The monoisotopic (exact) mass is 350 g/mol. The molecule has 0 saturated heterocycles. The largest absolute Gasteiger partial charge is 0.506 e. The number of hydrogen-bond donors (Lipinski definition) is 2.